The van der Waals surface area contributed by atoms with Crippen LogP contribution in [0.2, 0.25) is 0 Å². The first kappa shape index (κ1) is 54.9. The Morgan fingerprint density at radius 1 is 0.595 bits per heavy atom. The van der Waals surface area contributed by atoms with Gasteiger partial charge in [-0.25, -0.2) is 0 Å². The van der Waals surface area contributed by atoms with E-state index in [0.717, 1.165) is 83.5 Å². The van der Waals surface area contributed by atoms with Crippen LogP contribution >= 0.6 is 0 Å². The first-order valence-electron chi connectivity index (χ1n) is 25.4. The van der Waals surface area contributed by atoms with Crippen molar-refractivity contribution in [2.75, 3.05) is 40.4 Å². The second kappa shape index (κ2) is 21.4. The Morgan fingerprint density at radius 3 is 1.27 bits per heavy atom. The summed E-state index contributed by atoms with van der Waals surface area (Å²) in [6.45, 7) is 23.1. The van der Waals surface area contributed by atoms with Crippen molar-refractivity contribution in [2.45, 2.75) is 112 Å². The summed E-state index contributed by atoms with van der Waals surface area (Å²) in [4.78, 5) is 13.0. The number of ether oxygens (including phenoxy) is 2. The molecular formula is C58H72N4O10S2. The highest BCUT2D eigenvalue weighted by Crippen LogP contribution is 2.44. The Hall–Kier alpha value is -5.30. The minimum atomic E-state index is -4.61. The molecule has 12 rings (SSSR count). The van der Waals surface area contributed by atoms with Crippen LogP contribution in [0.25, 0.3) is 32.6 Å². The molecule has 4 aromatic carbocycles. The molecule has 0 spiro atoms. The first-order valence-corrected chi connectivity index (χ1v) is 28.2. The highest BCUT2D eigenvalue weighted by atomic mass is 32.2. The van der Waals surface area contributed by atoms with Crippen molar-refractivity contribution in [2.24, 2.45) is 23.7 Å². The van der Waals surface area contributed by atoms with E-state index in [9.17, 15) is 36.2 Å². The topological polar surface area (TPSA) is 200 Å². The van der Waals surface area contributed by atoms with Crippen LogP contribution < -0.4 is 9.47 Å². The van der Waals surface area contributed by atoms with E-state index in [-0.39, 0.29) is 32.6 Å². The second-order valence-corrected chi connectivity index (χ2v) is 25.2. The minimum Gasteiger partial charge on any atom is -0.497 e. The summed E-state index contributed by atoms with van der Waals surface area (Å²) in [6, 6.07) is 21.7. The first-order chi connectivity index (χ1) is 34.8. The van der Waals surface area contributed by atoms with Gasteiger partial charge in [-0.15, -0.1) is 13.2 Å². The Bertz CT molecular complexity index is 3080. The van der Waals surface area contributed by atoms with Gasteiger partial charge in [-0.05, 0) is 168 Å². The molecule has 16 heteroatoms. The fourth-order valence-electron chi connectivity index (χ4n) is 11.6. The largest absolute Gasteiger partial charge is 0.497 e. The third-order valence-corrected chi connectivity index (χ3v) is 17.7. The summed E-state index contributed by atoms with van der Waals surface area (Å²) < 4.78 is 78.1. The van der Waals surface area contributed by atoms with Gasteiger partial charge in [0.05, 0.1) is 37.5 Å². The van der Waals surface area contributed by atoms with Crippen molar-refractivity contribution >= 4 is 52.8 Å². The van der Waals surface area contributed by atoms with E-state index in [4.69, 9.17) is 9.47 Å². The lowest BCUT2D eigenvalue weighted by molar-refractivity contribution is -0.0445. The average Bonchev–Trinajstić information content (AvgIpc) is 3.38. The molecule has 6 aromatic rings. The Labute approximate surface area is 436 Å². The van der Waals surface area contributed by atoms with Crippen LogP contribution in [-0.4, -0.2) is 108 Å². The maximum Gasteiger partial charge on any atom is 0.295 e. The van der Waals surface area contributed by atoms with Crippen molar-refractivity contribution in [3.63, 3.8) is 0 Å². The average molecular weight is 1050 g/mol. The summed E-state index contributed by atoms with van der Waals surface area (Å²) in [5, 5.41) is 24.4. The molecule has 14 nitrogen and oxygen atoms in total. The van der Waals surface area contributed by atoms with Crippen LogP contribution in [0, 0.1) is 23.7 Å². The van der Waals surface area contributed by atoms with Crippen molar-refractivity contribution < 1.29 is 45.6 Å². The van der Waals surface area contributed by atoms with Crippen LogP contribution in [0.1, 0.15) is 102 Å². The molecule has 4 bridgehead atoms. The van der Waals surface area contributed by atoms with Gasteiger partial charge in [0, 0.05) is 59.1 Å². The third-order valence-electron chi connectivity index (χ3n) is 15.9. The zero-order valence-corrected chi connectivity index (χ0v) is 45.4. The van der Waals surface area contributed by atoms with E-state index in [2.05, 4.69) is 45.1 Å². The molecule has 2 unspecified atom stereocenters. The lowest BCUT2D eigenvalue weighted by atomic mass is 9.73. The molecule has 6 saturated heterocycles. The Balaban J connectivity index is 0.000000148. The molecular weight excluding hydrogens is 977 g/mol. The molecule has 6 aliphatic heterocycles. The number of pyridine rings is 2. The van der Waals surface area contributed by atoms with E-state index in [1.165, 1.54) is 25.0 Å². The molecule has 6 fully saturated rings. The number of rotatable bonds is 10. The van der Waals surface area contributed by atoms with Crippen molar-refractivity contribution in [3.05, 3.63) is 133 Å². The lowest BCUT2D eigenvalue weighted by Gasteiger charge is -2.50. The minimum absolute atomic E-state index is 0.0561. The number of hydrogen-bond donors (Lipinski definition) is 4. The Morgan fingerprint density at radius 2 is 0.973 bits per heavy atom. The van der Waals surface area contributed by atoms with Gasteiger partial charge < -0.3 is 19.7 Å². The van der Waals surface area contributed by atoms with Gasteiger partial charge in [0.25, 0.3) is 20.2 Å². The van der Waals surface area contributed by atoms with E-state index < -0.39 is 43.3 Å². The van der Waals surface area contributed by atoms with E-state index >= 15 is 0 Å². The summed E-state index contributed by atoms with van der Waals surface area (Å²) in [7, 11) is -5.90. The lowest BCUT2D eigenvalue weighted by Crippen LogP contribution is -2.54. The number of benzene rings is 4. The smallest absolute Gasteiger partial charge is 0.295 e. The van der Waals surface area contributed by atoms with Crippen molar-refractivity contribution in [1.82, 2.24) is 19.8 Å². The molecule has 0 saturated carbocycles. The van der Waals surface area contributed by atoms with Gasteiger partial charge >= 0.3 is 0 Å². The van der Waals surface area contributed by atoms with Crippen LogP contribution in [0.3, 0.4) is 0 Å². The van der Waals surface area contributed by atoms with Crippen LogP contribution in [0.15, 0.2) is 120 Å². The van der Waals surface area contributed by atoms with Crippen molar-refractivity contribution in [1.29, 1.82) is 0 Å². The summed E-state index contributed by atoms with van der Waals surface area (Å²) in [6.07, 6.45) is 11.2. The van der Waals surface area contributed by atoms with Gasteiger partial charge in [-0.1, -0.05) is 53.7 Å². The number of hydrogen-bond acceptors (Lipinski definition) is 12. The summed E-state index contributed by atoms with van der Waals surface area (Å²) >= 11 is 0. The zero-order valence-electron chi connectivity index (χ0n) is 43.8. The van der Waals surface area contributed by atoms with Gasteiger partial charge in [0.1, 0.15) is 21.3 Å². The molecule has 8 heterocycles. The number of methoxy groups -OCH3 is 2. The monoisotopic (exact) mass is 1050 g/mol. The standard InChI is InChI=1S/2C20H24N2O2.C18H24O6S2/c2*1-3-13-12-22-9-7-14(13)10-19(22)20(23)16-6-8-21-18-5-4-15(24-2)11-17(16)18;1-17(2,3)11-7-13-14(15(9-11)25(19,20)21)8-12(18(4,5)6)10-16(13)26(22,23)24/h2*3-6,8,11,13-14,19-20,23H,1,7,9-10,12H2,2H3;7-10H,1-6H3,(H,19,20,21)(H,22,23,24)/t2*13-,14-,19-,20+;/m00./s1. The normalized spacial score (nSPS) is 24.5. The van der Waals surface area contributed by atoms with Gasteiger partial charge in [-0.2, -0.15) is 16.8 Å². The van der Waals surface area contributed by atoms with Gasteiger partial charge in [-0.3, -0.25) is 28.9 Å². The molecule has 396 valence electrons. The van der Waals surface area contributed by atoms with Gasteiger partial charge in [0.15, 0.2) is 0 Å². The van der Waals surface area contributed by atoms with E-state index in [0.29, 0.717) is 34.8 Å². The Kier molecular flexibility index (Phi) is 15.9. The van der Waals surface area contributed by atoms with Crippen LogP contribution in [0.4, 0.5) is 0 Å². The molecule has 0 radical (unpaired) electrons. The number of aromatic nitrogens is 2. The summed E-state index contributed by atoms with van der Waals surface area (Å²) in [5.41, 5.74) is 3.72. The molecule has 2 aromatic heterocycles. The fraction of sp³-hybridized carbons (Fsp3) is 0.448. The molecule has 0 aliphatic carbocycles. The quantitative estimate of drug-likeness (QED) is 0.0746. The molecule has 74 heavy (non-hydrogen) atoms. The fourth-order valence-corrected chi connectivity index (χ4v) is 13.0. The van der Waals surface area contributed by atoms with Gasteiger partial charge in [0.2, 0.25) is 0 Å². The van der Waals surface area contributed by atoms with Crippen LogP contribution in [-0.2, 0) is 31.1 Å². The predicted octanol–water partition coefficient (Wildman–Crippen LogP) is 10.3. The zero-order chi connectivity index (χ0) is 53.7. The maximum atomic E-state index is 12.0. The highest BCUT2D eigenvalue weighted by molar-refractivity contribution is 7.86. The molecule has 10 atom stereocenters. The van der Waals surface area contributed by atoms with Crippen molar-refractivity contribution in [3.8, 4) is 11.5 Å². The number of aliphatic hydroxyl groups excluding tert-OH is 2. The van der Waals surface area contributed by atoms with Crippen LogP contribution in [0.5, 0.6) is 11.5 Å². The highest BCUT2D eigenvalue weighted by Gasteiger charge is 2.44. The predicted molar refractivity (Wildman–Crippen MR) is 291 cm³/mol. The van der Waals surface area contributed by atoms with E-state index in [1.807, 2.05) is 90.1 Å². The SMILES string of the molecule is C=C[C@H]1CN2CC[C@H]1C[C@H]2[C@H](O)c1ccnc2ccc(OC)cc12.C=C[C@H]1CN2CC[C@H]1C[C@H]2[C@H](O)c1ccnc2ccc(OC)cc12.CC(C)(C)c1cc(S(=O)(=O)O)c2cc(C(C)(C)C)cc(S(=O)(=O)O)c2c1. The number of fused-ring (bicyclic) bond motifs is 9. The number of aliphatic hydroxyl groups is 2. The molecule has 4 N–H and O–H groups in total. The number of nitrogens with zero attached hydrogens (tertiary/aromatic N) is 4. The third kappa shape index (κ3) is 11.4. The molecule has 6 aliphatic rings. The summed E-state index contributed by atoms with van der Waals surface area (Å²) in [5.74, 6) is 4.01. The second-order valence-electron chi connectivity index (χ2n) is 22.4. The maximum absolute atomic E-state index is 12.0. The molecule has 0 amide bonds. The van der Waals surface area contributed by atoms with E-state index in [1.54, 1.807) is 38.7 Å². The number of piperidine rings is 6.